The Hall–Kier alpha value is -0.920. The molecule has 5 nitrogen and oxygen atoms in total. The first-order valence-corrected chi connectivity index (χ1v) is 9.23. The summed E-state index contributed by atoms with van der Waals surface area (Å²) in [6.07, 6.45) is 4.08. The summed E-state index contributed by atoms with van der Waals surface area (Å²) in [6.45, 7) is 2.64. The van der Waals surface area contributed by atoms with Crippen LogP contribution in [0.5, 0.6) is 0 Å². The average molecular weight is 316 g/mol. The van der Waals surface area contributed by atoms with Crippen molar-refractivity contribution in [2.45, 2.75) is 42.9 Å². The van der Waals surface area contributed by atoms with Crippen LogP contribution in [-0.4, -0.2) is 38.4 Å². The van der Waals surface area contributed by atoms with Crippen LogP contribution >= 0.6 is 11.3 Å². The van der Waals surface area contributed by atoms with E-state index in [2.05, 4.69) is 11.6 Å². The Morgan fingerprint density at radius 3 is 2.95 bits per heavy atom. The topological polar surface area (TPSA) is 66.5 Å². The number of sulfonamides is 1. The predicted octanol–water partition coefficient (Wildman–Crippen LogP) is 1.82. The molecule has 0 spiro atoms. The molecular formula is C13H20N2O3S2. The molecule has 1 unspecified atom stereocenters. The van der Waals surface area contributed by atoms with Crippen molar-refractivity contribution >= 4 is 27.3 Å². The summed E-state index contributed by atoms with van der Waals surface area (Å²) in [4.78, 5) is 14.0. The van der Waals surface area contributed by atoms with Crippen molar-refractivity contribution in [2.75, 3.05) is 13.1 Å². The van der Waals surface area contributed by atoms with Gasteiger partial charge in [0.15, 0.2) is 0 Å². The Morgan fingerprint density at radius 2 is 2.30 bits per heavy atom. The molecule has 2 heterocycles. The Bertz CT molecular complexity index is 540. The van der Waals surface area contributed by atoms with E-state index in [4.69, 9.17) is 0 Å². The van der Waals surface area contributed by atoms with Gasteiger partial charge in [0, 0.05) is 12.6 Å². The van der Waals surface area contributed by atoms with E-state index in [9.17, 15) is 13.2 Å². The maximum Gasteiger partial charge on any atom is 0.250 e. The zero-order chi connectivity index (χ0) is 14.6. The molecule has 0 radical (unpaired) electrons. The highest BCUT2D eigenvalue weighted by Gasteiger charge is 2.26. The van der Waals surface area contributed by atoms with Gasteiger partial charge >= 0.3 is 0 Å². The smallest absolute Gasteiger partial charge is 0.250 e. The maximum atomic E-state index is 12.2. The number of nitrogens with zero attached hydrogens (tertiary/aromatic N) is 1. The fourth-order valence-corrected chi connectivity index (χ4v) is 4.51. The molecule has 112 valence electrons. The number of rotatable bonds is 5. The maximum absolute atomic E-state index is 12.2. The van der Waals surface area contributed by atoms with Gasteiger partial charge in [-0.3, -0.25) is 4.79 Å². The number of carbonyl (C=O) groups is 1. The Labute approximate surface area is 124 Å². The van der Waals surface area contributed by atoms with E-state index in [0.717, 1.165) is 43.6 Å². The van der Waals surface area contributed by atoms with Gasteiger partial charge in [0.25, 0.3) is 10.0 Å². The molecule has 0 aliphatic carbocycles. The van der Waals surface area contributed by atoms with Gasteiger partial charge in [0.1, 0.15) is 4.21 Å². The Morgan fingerprint density at radius 1 is 1.50 bits per heavy atom. The number of thiophene rings is 1. The van der Waals surface area contributed by atoms with E-state index in [0.29, 0.717) is 0 Å². The normalized spacial score (nSPS) is 20.1. The van der Waals surface area contributed by atoms with Crippen LogP contribution in [0.25, 0.3) is 0 Å². The molecule has 1 aliphatic heterocycles. The molecule has 1 N–H and O–H groups in total. The molecule has 0 aromatic carbocycles. The third-order valence-corrected chi connectivity index (χ3v) is 6.39. The second-order valence-electron chi connectivity index (χ2n) is 4.90. The van der Waals surface area contributed by atoms with Gasteiger partial charge in [-0.1, -0.05) is 13.0 Å². The molecule has 1 aromatic rings. The fourth-order valence-electron chi connectivity index (χ4n) is 2.50. The summed E-state index contributed by atoms with van der Waals surface area (Å²) >= 11 is 1.15. The van der Waals surface area contributed by atoms with E-state index in [-0.39, 0.29) is 22.7 Å². The summed E-state index contributed by atoms with van der Waals surface area (Å²) in [5.41, 5.74) is 0. The van der Waals surface area contributed by atoms with Crippen molar-refractivity contribution in [2.24, 2.45) is 0 Å². The van der Waals surface area contributed by atoms with Crippen LogP contribution in [0.2, 0.25) is 0 Å². The molecular weight excluding hydrogens is 296 g/mol. The number of piperidine rings is 1. The summed E-state index contributed by atoms with van der Waals surface area (Å²) in [6, 6.07) is 3.47. The molecule has 20 heavy (non-hydrogen) atoms. The first-order valence-electron chi connectivity index (χ1n) is 6.87. The highest BCUT2D eigenvalue weighted by Crippen LogP contribution is 2.20. The summed E-state index contributed by atoms with van der Waals surface area (Å²) in [5, 5.41) is 1.70. The predicted molar refractivity (Wildman–Crippen MR) is 79.2 cm³/mol. The van der Waals surface area contributed by atoms with Gasteiger partial charge in [-0.15, -0.1) is 11.3 Å². The molecule has 1 saturated heterocycles. The van der Waals surface area contributed by atoms with Gasteiger partial charge in [-0.2, -0.15) is 0 Å². The van der Waals surface area contributed by atoms with Crippen molar-refractivity contribution < 1.29 is 13.2 Å². The van der Waals surface area contributed by atoms with E-state index in [1.807, 2.05) is 4.90 Å². The number of nitrogens with one attached hydrogen (secondary N) is 1. The van der Waals surface area contributed by atoms with Crippen LogP contribution in [-0.2, 0) is 14.8 Å². The van der Waals surface area contributed by atoms with Gasteiger partial charge in [0.2, 0.25) is 5.91 Å². The van der Waals surface area contributed by atoms with Crippen LogP contribution in [0.3, 0.4) is 0 Å². The van der Waals surface area contributed by atoms with Gasteiger partial charge < -0.3 is 4.90 Å². The minimum Gasteiger partial charge on any atom is -0.339 e. The number of likely N-dealkylation sites (tertiary alicyclic amines) is 1. The molecule has 2 rings (SSSR count). The number of amides is 1. The standard InChI is InChI=1S/C13H20N2O3S2/c1-2-11-6-3-4-8-15(11)12(16)10-14-20(17,18)13-7-5-9-19-13/h5,7,9,11,14H,2-4,6,8,10H2,1H3. The van der Waals surface area contributed by atoms with E-state index < -0.39 is 10.0 Å². The lowest BCUT2D eigenvalue weighted by Crippen LogP contribution is -2.47. The quantitative estimate of drug-likeness (QED) is 0.901. The monoisotopic (exact) mass is 316 g/mol. The average Bonchev–Trinajstić information content (AvgIpc) is 3.00. The minimum absolute atomic E-state index is 0.128. The van der Waals surface area contributed by atoms with Crippen LogP contribution in [0, 0.1) is 0 Å². The molecule has 1 aromatic heterocycles. The number of hydrogen-bond donors (Lipinski definition) is 1. The van der Waals surface area contributed by atoms with Gasteiger partial charge in [-0.05, 0) is 37.1 Å². The highest BCUT2D eigenvalue weighted by molar-refractivity contribution is 7.91. The first kappa shape index (κ1) is 15.5. The molecule has 1 fully saturated rings. The number of hydrogen-bond acceptors (Lipinski definition) is 4. The van der Waals surface area contributed by atoms with Crippen LogP contribution in [0.4, 0.5) is 0 Å². The molecule has 0 bridgehead atoms. The second kappa shape index (κ2) is 6.69. The van der Waals surface area contributed by atoms with E-state index >= 15 is 0 Å². The molecule has 1 amide bonds. The molecule has 1 aliphatic rings. The van der Waals surface area contributed by atoms with Crippen LogP contribution in [0.1, 0.15) is 32.6 Å². The lowest BCUT2D eigenvalue weighted by atomic mass is 10.00. The Balaban J connectivity index is 1.95. The molecule has 0 saturated carbocycles. The van der Waals surface area contributed by atoms with Gasteiger partial charge in [-0.25, -0.2) is 13.1 Å². The van der Waals surface area contributed by atoms with Crippen molar-refractivity contribution in [3.05, 3.63) is 17.5 Å². The third kappa shape index (κ3) is 3.59. The zero-order valence-electron chi connectivity index (χ0n) is 11.5. The summed E-state index contributed by atoms with van der Waals surface area (Å²) < 4.78 is 26.6. The SMILES string of the molecule is CCC1CCCCN1C(=O)CNS(=O)(=O)c1cccs1. The minimum atomic E-state index is -3.55. The summed E-state index contributed by atoms with van der Waals surface area (Å²) in [7, 11) is -3.55. The third-order valence-electron chi connectivity index (χ3n) is 3.59. The second-order valence-corrected chi connectivity index (χ2v) is 7.84. The van der Waals surface area contributed by atoms with Crippen molar-refractivity contribution in [1.82, 2.24) is 9.62 Å². The summed E-state index contributed by atoms with van der Waals surface area (Å²) in [5.74, 6) is -0.128. The lowest BCUT2D eigenvalue weighted by Gasteiger charge is -2.35. The van der Waals surface area contributed by atoms with Crippen molar-refractivity contribution in [3.63, 3.8) is 0 Å². The van der Waals surface area contributed by atoms with E-state index in [1.54, 1.807) is 11.4 Å². The van der Waals surface area contributed by atoms with E-state index in [1.165, 1.54) is 6.07 Å². The zero-order valence-corrected chi connectivity index (χ0v) is 13.2. The van der Waals surface area contributed by atoms with Gasteiger partial charge in [0.05, 0.1) is 6.54 Å². The highest BCUT2D eigenvalue weighted by atomic mass is 32.2. The molecule has 7 heteroatoms. The largest absolute Gasteiger partial charge is 0.339 e. The fraction of sp³-hybridized carbons (Fsp3) is 0.615. The van der Waals surface area contributed by atoms with Crippen LogP contribution in [0.15, 0.2) is 21.7 Å². The van der Waals surface area contributed by atoms with Crippen LogP contribution < -0.4 is 4.72 Å². The Kier molecular flexibility index (Phi) is 5.17. The first-order chi connectivity index (χ1) is 9.54. The number of carbonyl (C=O) groups excluding carboxylic acids is 1. The van der Waals surface area contributed by atoms with Crippen molar-refractivity contribution in [1.29, 1.82) is 0 Å². The van der Waals surface area contributed by atoms with Crippen molar-refractivity contribution in [3.8, 4) is 0 Å². The molecule has 1 atom stereocenters. The lowest BCUT2D eigenvalue weighted by molar-refractivity contribution is -0.133.